The highest BCUT2D eigenvalue weighted by Crippen LogP contribution is 2.45. The van der Waals surface area contributed by atoms with Gasteiger partial charge in [0.1, 0.15) is 0 Å². The molecule has 5 heterocycles. The molecule has 11 aromatic rings. The maximum Gasteiger partial charge on any atom is 0.160 e. The van der Waals surface area contributed by atoms with Gasteiger partial charge < -0.3 is 0 Å². The molecule has 11 rings (SSSR count). The van der Waals surface area contributed by atoms with Crippen LogP contribution in [0.1, 0.15) is 11.1 Å². The van der Waals surface area contributed by atoms with Crippen LogP contribution in [0.5, 0.6) is 0 Å². The van der Waals surface area contributed by atoms with Gasteiger partial charge >= 0.3 is 0 Å². The molecule has 6 nitrogen and oxygen atoms in total. The first-order valence-electron chi connectivity index (χ1n) is 20.1. The van der Waals surface area contributed by atoms with Gasteiger partial charge in [0, 0.05) is 74.1 Å². The Morgan fingerprint density at radius 3 is 1.38 bits per heavy atom. The van der Waals surface area contributed by atoms with Gasteiger partial charge in [-0.15, -0.1) is 0 Å². The van der Waals surface area contributed by atoms with Crippen LogP contribution >= 0.6 is 0 Å². The van der Waals surface area contributed by atoms with Crippen LogP contribution in [0.4, 0.5) is 0 Å². The summed E-state index contributed by atoms with van der Waals surface area (Å²) in [5.41, 5.74) is 14.9. The Morgan fingerprint density at radius 2 is 0.817 bits per heavy atom. The molecule has 0 N–H and O–H groups in total. The number of pyridine rings is 4. The third kappa shape index (κ3) is 5.96. The first-order chi connectivity index (χ1) is 29.6. The largest absolute Gasteiger partial charge is 0.264 e. The highest BCUT2D eigenvalue weighted by molar-refractivity contribution is 6.25. The molecule has 0 saturated carbocycles. The number of benzene rings is 6. The number of aryl methyl sites for hydroxylation is 2. The zero-order valence-electron chi connectivity index (χ0n) is 33.0. The minimum Gasteiger partial charge on any atom is -0.264 e. The Morgan fingerprint density at radius 1 is 0.333 bits per heavy atom. The fourth-order valence-electron chi connectivity index (χ4n) is 8.74. The molecule has 0 spiro atoms. The summed E-state index contributed by atoms with van der Waals surface area (Å²) in [7, 11) is 0. The minimum absolute atomic E-state index is 0.681. The third-order valence-electron chi connectivity index (χ3n) is 11.6. The Balaban J connectivity index is 1.10. The number of hydrogen-bond acceptors (Lipinski definition) is 6. The summed E-state index contributed by atoms with van der Waals surface area (Å²) in [5, 5.41) is 6.81. The second-order valence-corrected chi connectivity index (χ2v) is 15.2. The molecule has 0 saturated heterocycles. The van der Waals surface area contributed by atoms with Crippen LogP contribution in [0.3, 0.4) is 0 Å². The number of rotatable bonds is 6. The molecule has 6 heteroatoms. The van der Waals surface area contributed by atoms with E-state index in [0.29, 0.717) is 5.82 Å². The van der Waals surface area contributed by atoms with E-state index in [4.69, 9.17) is 19.9 Å². The number of hydrogen-bond donors (Lipinski definition) is 0. The highest BCUT2D eigenvalue weighted by Gasteiger charge is 2.23. The van der Waals surface area contributed by atoms with E-state index in [1.165, 1.54) is 5.39 Å². The van der Waals surface area contributed by atoms with E-state index in [2.05, 4.69) is 133 Å². The summed E-state index contributed by atoms with van der Waals surface area (Å²) in [4.78, 5) is 29.9. The van der Waals surface area contributed by atoms with Gasteiger partial charge in [-0.25, -0.2) is 19.9 Å². The van der Waals surface area contributed by atoms with Crippen molar-refractivity contribution in [3.8, 4) is 67.5 Å². The van der Waals surface area contributed by atoms with E-state index >= 15 is 0 Å². The number of nitrogens with zero attached hydrogens (tertiary/aromatic N) is 6. The van der Waals surface area contributed by atoms with Crippen LogP contribution in [-0.2, 0) is 0 Å². The van der Waals surface area contributed by atoms with Crippen molar-refractivity contribution in [2.45, 2.75) is 13.8 Å². The molecular formula is C54H36N6. The Labute approximate surface area is 347 Å². The van der Waals surface area contributed by atoms with E-state index in [-0.39, 0.29) is 0 Å². The van der Waals surface area contributed by atoms with Crippen LogP contribution in [0.15, 0.2) is 183 Å². The zero-order chi connectivity index (χ0) is 40.2. The lowest BCUT2D eigenvalue weighted by atomic mass is 9.86. The minimum atomic E-state index is 0.681. The molecule has 0 bridgehead atoms. The van der Waals surface area contributed by atoms with Gasteiger partial charge in [-0.2, -0.15) is 0 Å². The monoisotopic (exact) mass is 768 g/mol. The SMILES string of the molecule is Cc1c2c(-c3cccnc3)nc3cc(-c4ccc(-c5nc(-c6ccccc6)cc(-c6ccccc6)n5)cc4)ccc3c2c(C)c2c(-c3cccnc3)nc3ccccc3c12. The first-order valence-corrected chi connectivity index (χ1v) is 20.1. The fraction of sp³-hybridized carbons (Fsp3) is 0.0370. The average molecular weight is 769 g/mol. The molecule has 5 aromatic heterocycles. The van der Waals surface area contributed by atoms with E-state index in [1.807, 2.05) is 73.3 Å². The summed E-state index contributed by atoms with van der Waals surface area (Å²) in [6, 6.07) is 54.4. The summed E-state index contributed by atoms with van der Waals surface area (Å²) >= 11 is 0. The number of para-hydroxylation sites is 1. The van der Waals surface area contributed by atoms with Crippen LogP contribution in [0.2, 0.25) is 0 Å². The van der Waals surface area contributed by atoms with Gasteiger partial charge in [0.2, 0.25) is 0 Å². The maximum absolute atomic E-state index is 5.49. The molecule has 0 fully saturated rings. The standard InChI is InChI=1S/C54H36N6/c1-33-48-42-19-9-10-20-44(42)57-52(40-17-11-27-55-31-40)50(48)34(2)49-43-26-25-39(29-47(43)58-53(51(33)49)41-18-12-28-56-32-41)35-21-23-38(24-22-35)54-59-45(36-13-5-3-6-14-36)30-46(60-54)37-15-7-4-8-16-37/h3-32H,1-2H3. The zero-order valence-corrected chi connectivity index (χ0v) is 33.0. The van der Waals surface area contributed by atoms with Gasteiger partial charge in [0.15, 0.2) is 5.82 Å². The molecule has 0 aliphatic carbocycles. The molecule has 6 aromatic carbocycles. The second-order valence-electron chi connectivity index (χ2n) is 15.2. The Bertz CT molecular complexity index is 3350. The lowest BCUT2D eigenvalue weighted by molar-refractivity contribution is 1.18. The van der Waals surface area contributed by atoms with E-state index in [0.717, 1.165) is 111 Å². The summed E-state index contributed by atoms with van der Waals surface area (Å²) in [6.45, 7) is 4.46. The topological polar surface area (TPSA) is 77.3 Å². The molecule has 0 radical (unpaired) electrons. The lowest BCUT2D eigenvalue weighted by Crippen LogP contribution is -2.00. The van der Waals surface area contributed by atoms with Crippen molar-refractivity contribution in [1.29, 1.82) is 0 Å². The molecule has 0 atom stereocenters. The number of fused-ring (bicyclic) bond motifs is 6. The molecule has 282 valence electrons. The first kappa shape index (κ1) is 35.2. The quantitative estimate of drug-likeness (QED) is 0.124. The van der Waals surface area contributed by atoms with Gasteiger partial charge in [-0.1, -0.05) is 115 Å². The van der Waals surface area contributed by atoms with Gasteiger partial charge in [-0.05, 0) is 89.3 Å². The van der Waals surface area contributed by atoms with Crippen LogP contribution in [-0.4, -0.2) is 29.9 Å². The predicted octanol–water partition coefficient (Wildman–Crippen LogP) is 13.3. The summed E-state index contributed by atoms with van der Waals surface area (Å²) in [5.74, 6) is 0.681. The predicted molar refractivity (Wildman–Crippen MR) is 245 cm³/mol. The molecular weight excluding hydrogens is 733 g/mol. The molecule has 0 aliphatic heterocycles. The van der Waals surface area contributed by atoms with Crippen molar-refractivity contribution >= 4 is 43.4 Å². The molecule has 0 amide bonds. The maximum atomic E-state index is 5.49. The highest BCUT2D eigenvalue weighted by atomic mass is 14.9. The van der Waals surface area contributed by atoms with Crippen LogP contribution < -0.4 is 0 Å². The van der Waals surface area contributed by atoms with E-state index in [1.54, 1.807) is 0 Å². The van der Waals surface area contributed by atoms with E-state index < -0.39 is 0 Å². The van der Waals surface area contributed by atoms with Crippen LogP contribution in [0, 0.1) is 13.8 Å². The van der Waals surface area contributed by atoms with E-state index in [9.17, 15) is 0 Å². The summed E-state index contributed by atoms with van der Waals surface area (Å²) < 4.78 is 0. The van der Waals surface area contributed by atoms with Crippen molar-refractivity contribution in [2.24, 2.45) is 0 Å². The van der Waals surface area contributed by atoms with Crippen molar-refractivity contribution < 1.29 is 0 Å². The van der Waals surface area contributed by atoms with Crippen molar-refractivity contribution in [3.05, 3.63) is 194 Å². The molecule has 0 unspecified atom stereocenters. The lowest BCUT2D eigenvalue weighted by Gasteiger charge is -2.21. The van der Waals surface area contributed by atoms with Crippen molar-refractivity contribution in [1.82, 2.24) is 29.9 Å². The average Bonchev–Trinajstić information content (AvgIpc) is 3.33. The summed E-state index contributed by atoms with van der Waals surface area (Å²) in [6.07, 6.45) is 7.45. The third-order valence-corrected chi connectivity index (χ3v) is 11.6. The Kier molecular flexibility index (Phi) is 8.48. The van der Waals surface area contributed by atoms with Gasteiger partial charge in [0.25, 0.3) is 0 Å². The Hall–Kier alpha value is -7.96. The van der Waals surface area contributed by atoms with Crippen molar-refractivity contribution in [2.75, 3.05) is 0 Å². The smallest absolute Gasteiger partial charge is 0.160 e. The molecule has 60 heavy (non-hydrogen) atoms. The number of aromatic nitrogens is 6. The fourth-order valence-corrected chi connectivity index (χ4v) is 8.74. The molecule has 0 aliphatic rings. The van der Waals surface area contributed by atoms with Gasteiger partial charge in [0.05, 0.1) is 33.8 Å². The van der Waals surface area contributed by atoms with Gasteiger partial charge in [-0.3, -0.25) is 9.97 Å². The second kappa shape index (κ2) is 14.5. The normalized spacial score (nSPS) is 11.5. The van der Waals surface area contributed by atoms with Crippen molar-refractivity contribution in [3.63, 3.8) is 0 Å². The van der Waals surface area contributed by atoms with Crippen LogP contribution in [0.25, 0.3) is 111 Å².